The van der Waals surface area contributed by atoms with E-state index in [1.807, 2.05) is 30.3 Å². The molecule has 1 amide bonds. The van der Waals surface area contributed by atoms with Crippen LogP contribution in [0.1, 0.15) is 68.2 Å². The van der Waals surface area contributed by atoms with Gasteiger partial charge in [-0.25, -0.2) is 4.79 Å². The number of aromatic nitrogens is 2. The number of nitrogens with one attached hydrogen (secondary N) is 1. The van der Waals surface area contributed by atoms with Gasteiger partial charge in [-0.05, 0) is 56.3 Å². The highest BCUT2D eigenvalue weighted by molar-refractivity contribution is 5.84. The smallest absolute Gasteiger partial charge is 0.411 e. The highest BCUT2D eigenvalue weighted by atomic mass is 16.5. The van der Waals surface area contributed by atoms with Gasteiger partial charge in [-0.3, -0.25) is 14.9 Å². The quantitative estimate of drug-likeness (QED) is 0.745. The van der Waals surface area contributed by atoms with Gasteiger partial charge in [-0.1, -0.05) is 37.5 Å². The summed E-state index contributed by atoms with van der Waals surface area (Å²) >= 11 is 0. The van der Waals surface area contributed by atoms with Crippen molar-refractivity contribution in [2.24, 2.45) is 13.0 Å². The minimum Gasteiger partial charge on any atom is -0.448 e. The fourth-order valence-corrected chi connectivity index (χ4v) is 5.94. The fraction of sp³-hybridized carbons (Fsp3) is 0.600. The largest absolute Gasteiger partial charge is 0.448 e. The Morgan fingerprint density at radius 3 is 2.71 bits per heavy atom. The number of hydrogen-bond acceptors (Lipinski definition) is 4. The lowest BCUT2D eigenvalue weighted by Gasteiger charge is -2.49. The summed E-state index contributed by atoms with van der Waals surface area (Å²) in [5.41, 5.74) is 3.48. The van der Waals surface area contributed by atoms with Crippen LogP contribution >= 0.6 is 0 Å². The molecule has 4 atom stereocenters. The number of hydrogen-bond donors (Lipinski definition) is 1. The summed E-state index contributed by atoms with van der Waals surface area (Å²) in [6.07, 6.45) is 8.60. The van der Waals surface area contributed by atoms with Gasteiger partial charge in [-0.15, -0.1) is 0 Å². The zero-order chi connectivity index (χ0) is 21.2. The molecule has 1 aromatic heterocycles. The molecule has 4 fully saturated rings. The number of anilines is 1. The molecular weight excluding hydrogens is 388 g/mol. The molecule has 1 N–H and O–H groups in total. The predicted octanol–water partition coefficient (Wildman–Crippen LogP) is 4.89. The van der Waals surface area contributed by atoms with Crippen molar-refractivity contribution in [3.8, 4) is 0 Å². The Morgan fingerprint density at radius 2 is 1.97 bits per heavy atom. The first-order valence-electron chi connectivity index (χ1n) is 11.9. The van der Waals surface area contributed by atoms with Crippen molar-refractivity contribution in [3.63, 3.8) is 0 Å². The Balaban J connectivity index is 1.18. The van der Waals surface area contributed by atoms with Crippen molar-refractivity contribution in [3.05, 3.63) is 47.8 Å². The van der Waals surface area contributed by atoms with Crippen molar-refractivity contribution < 1.29 is 9.53 Å². The first-order chi connectivity index (χ1) is 15.2. The van der Waals surface area contributed by atoms with Crippen molar-refractivity contribution in [1.29, 1.82) is 0 Å². The Kier molecular flexibility index (Phi) is 5.99. The van der Waals surface area contributed by atoms with Crippen LogP contribution in [-0.2, 0) is 11.8 Å². The van der Waals surface area contributed by atoms with Gasteiger partial charge in [0.05, 0.1) is 5.69 Å². The van der Waals surface area contributed by atoms with Crippen molar-refractivity contribution in [2.45, 2.75) is 62.8 Å². The van der Waals surface area contributed by atoms with Crippen LogP contribution in [0.25, 0.3) is 0 Å². The number of amides is 1. The van der Waals surface area contributed by atoms with Crippen LogP contribution < -0.4 is 5.32 Å². The van der Waals surface area contributed by atoms with E-state index in [0.29, 0.717) is 30.4 Å². The molecule has 0 spiro atoms. The standard InChI is InChI=1S/C25H34N4O2/c1-28-24(15-23(27-28)18-8-4-2-5-9-18)22-16-29-13-12-19(22)14-21(29)17-31-25(30)26-20-10-6-3-7-11-20/h3,6-7,10-11,15,18-19,21-22H,2,4-5,8-9,12-14,16-17H2,1H3,(H,26,30). The summed E-state index contributed by atoms with van der Waals surface area (Å²) < 4.78 is 7.72. The number of rotatable bonds is 5. The second kappa shape index (κ2) is 9.03. The maximum atomic E-state index is 12.2. The molecule has 2 aromatic rings. The molecular formula is C25H34N4O2. The van der Waals surface area contributed by atoms with E-state index in [0.717, 1.165) is 25.2 Å². The molecule has 3 saturated heterocycles. The molecule has 3 aliphatic heterocycles. The Bertz CT molecular complexity index is 890. The number of piperidine rings is 3. The summed E-state index contributed by atoms with van der Waals surface area (Å²) in [7, 11) is 2.12. The van der Waals surface area contributed by atoms with Crippen LogP contribution in [0.2, 0.25) is 0 Å². The Morgan fingerprint density at radius 1 is 1.16 bits per heavy atom. The first-order valence-corrected chi connectivity index (χ1v) is 11.9. The van der Waals surface area contributed by atoms with Crippen molar-refractivity contribution >= 4 is 11.8 Å². The maximum absolute atomic E-state index is 12.2. The SMILES string of the molecule is Cn1nc(C2CCCCC2)cc1C1CN2CCC1CC2COC(=O)Nc1ccccc1. The highest BCUT2D eigenvalue weighted by Gasteiger charge is 2.42. The number of carbonyl (C=O) groups is 1. The highest BCUT2D eigenvalue weighted by Crippen LogP contribution is 2.43. The van der Waals surface area contributed by atoms with Gasteiger partial charge in [0.2, 0.25) is 0 Å². The second-order valence-electron chi connectivity index (χ2n) is 9.58. The van der Waals surface area contributed by atoms with Gasteiger partial charge in [0.25, 0.3) is 0 Å². The van der Waals surface area contributed by atoms with Gasteiger partial charge in [-0.2, -0.15) is 5.10 Å². The summed E-state index contributed by atoms with van der Waals surface area (Å²) in [5, 5.41) is 7.74. The maximum Gasteiger partial charge on any atom is 0.411 e. The normalized spacial score (nSPS) is 28.4. The summed E-state index contributed by atoms with van der Waals surface area (Å²) in [4.78, 5) is 14.7. The average Bonchev–Trinajstić information content (AvgIpc) is 3.21. The van der Waals surface area contributed by atoms with Crippen LogP contribution in [0.4, 0.5) is 10.5 Å². The van der Waals surface area contributed by atoms with Gasteiger partial charge in [0.15, 0.2) is 0 Å². The fourth-order valence-electron chi connectivity index (χ4n) is 5.94. The van der Waals surface area contributed by atoms with Crippen LogP contribution in [0, 0.1) is 5.92 Å². The molecule has 1 aliphatic carbocycles. The lowest BCUT2D eigenvalue weighted by atomic mass is 9.74. The van der Waals surface area contributed by atoms with E-state index in [9.17, 15) is 4.79 Å². The van der Waals surface area contributed by atoms with E-state index >= 15 is 0 Å². The monoisotopic (exact) mass is 422 g/mol. The molecule has 6 nitrogen and oxygen atoms in total. The van der Waals surface area contributed by atoms with Crippen molar-refractivity contribution in [2.75, 3.05) is 25.0 Å². The Hall–Kier alpha value is -2.34. The summed E-state index contributed by atoms with van der Waals surface area (Å²) in [6.45, 7) is 2.60. The lowest BCUT2D eigenvalue weighted by molar-refractivity contribution is -0.00222. The van der Waals surface area contributed by atoms with E-state index in [-0.39, 0.29) is 6.09 Å². The molecule has 4 unspecified atom stereocenters. The molecule has 166 valence electrons. The molecule has 0 radical (unpaired) electrons. The molecule has 6 heteroatoms. The minimum absolute atomic E-state index is 0.322. The number of aryl methyl sites for hydroxylation is 1. The van der Waals surface area contributed by atoms with Crippen molar-refractivity contribution in [1.82, 2.24) is 14.7 Å². The molecule has 1 saturated carbocycles. The number of ether oxygens (including phenoxy) is 1. The zero-order valence-electron chi connectivity index (χ0n) is 18.5. The Labute approximate surface area is 185 Å². The molecule has 6 rings (SSSR count). The third-order valence-corrected chi connectivity index (χ3v) is 7.64. The summed E-state index contributed by atoms with van der Waals surface area (Å²) in [6, 6.07) is 12.2. The van der Waals surface area contributed by atoms with Gasteiger partial charge < -0.3 is 4.74 Å². The lowest BCUT2D eigenvalue weighted by Crippen LogP contribution is -2.54. The summed E-state index contributed by atoms with van der Waals surface area (Å²) in [5.74, 6) is 1.84. The molecule has 31 heavy (non-hydrogen) atoms. The van der Waals surface area contributed by atoms with E-state index in [2.05, 4.69) is 28.0 Å². The van der Waals surface area contributed by atoms with E-state index in [1.54, 1.807) is 0 Å². The third-order valence-electron chi connectivity index (χ3n) is 7.64. The first kappa shape index (κ1) is 20.6. The van der Waals surface area contributed by atoms with Crippen LogP contribution in [-0.4, -0.2) is 46.5 Å². The number of nitrogens with zero attached hydrogens (tertiary/aromatic N) is 3. The van der Waals surface area contributed by atoms with Gasteiger partial charge >= 0.3 is 6.09 Å². The number of benzene rings is 1. The average molecular weight is 423 g/mol. The van der Waals surface area contributed by atoms with Gasteiger partial charge in [0, 0.05) is 42.9 Å². The van der Waals surface area contributed by atoms with Gasteiger partial charge in [0.1, 0.15) is 6.61 Å². The topological polar surface area (TPSA) is 59.4 Å². The molecule has 1 aromatic carbocycles. The number of fused-ring (bicyclic) bond motifs is 3. The molecule has 4 aliphatic rings. The minimum atomic E-state index is -0.367. The van der Waals surface area contributed by atoms with E-state index in [4.69, 9.17) is 9.84 Å². The molecule has 4 heterocycles. The van der Waals surface area contributed by atoms with E-state index < -0.39 is 0 Å². The van der Waals surface area contributed by atoms with Crippen LogP contribution in [0.3, 0.4) is 0 Å². The second-order valence-corrected chi connectivity index (χ2v) is 9.58. The van der Waals surface area contributed by atoms with Crippen LogP contribution in [0.15, 0.2) is 36.4 Å². The third kappa shape index (κ3) is 4.49. The van der Waals surface area contributed by atoms with Crippen LogP contribution in [0.5, 0.6) is 0 Å². The number of carbonyl (C=O) groups excluding carboxylic acids is 1. The molecule has 2 bridgehead atoms. The van der Waals surface area contributed by atoms with E-state index in [1.165, 1.54) is 49.9 Å². The zero-order valence-corrected chi connectivity index (χ0v) is 18.5. The number of para-hydroxylation sites is 1. The predicted molar refractivity (Wildman–Crippen MR) is 121 cm³/mol.